The Balaban J connectivity index is 0.000000202. The normalized spacial score (nSPS) is 15.8. The molecule has 1 aliphatic rings. The van der Waals surface area contributed by atoms with Crippen molar-refractivity contribution in [3.63, 3.8) is 0 Å². The second-order valence-corrected chi connectivity index (χ2v) is 5.64. The third-order valence-corrected chi connectivity index (χ3v) is 3.70. The van der Waals surface area contributed by atoms with Crippen LogP contribution in [0.15, 0.2) is 24.3 Å². The minimum atomic E-state index is 0.654. The number of aryl methyl sites for hydroxylation is 1. The molecule has 0 nitrogen and oxygen atoms in total. The van der Waals surface area contributed by atoms with E-state index in [-0.39, 0.29) is 0 Å². The van der Waals surface area contributed by atoms with E-state index in [0.29, 0.717) is 5.92 Å². The fourth-order valence-corrected chi connectivity index (χ4v) is 2.27. The molecule has 0 saturated heterocycles. The molecule has 0 aromatic heterocycles. The smallest absolute Gasteiger partial charge is 0.0219 e. The average Bonchev–Trinajstić information content (AvgIpc) is 2.81. The SMILES string of the molecule is CC1CCCC1.CCc1ccc(C(C)C)cc1. The second-order valence-electron chi connectivity index (χ2n) is 5.64. The maximum absolute atomic E-state index is 2.34. The molecule has 1 saturated carbocycles. The van der Waals surface area contributed by atoms with E-state index in [1.165, 1.54) is 36.8 Å². The molecule has 0 N–H and O–H groups in total. The Hall–Kier alpha value is -0.780. The van der Waals surface area contributed by atoms with E-state index < -0.39 is 0 Å². The van der Waals surface area contributed by atoms with Gasteiger partial charge in [-0.05, 0) is 29.4 Å². The van der Waals surface area contributed by atoms with Gasteiger partial charge >= 0.3 is 0 Å². The number of hydrogen-bond acceptors (Lipinski definition) is 0. The minimum Gasteiger partial charge on any atom is -0.0625 e. The Kier molecular flexibility index (Phi) is 6.32. The number of hydrogen-bond donors (Lipinski definition) is 0. The van der Waals surface area contributed by atoms with Crippen molar-refractivity contribution < 1.29 is 0 Å². The van der Waals surface area contributed by atoms with Crippen LogP contribution in [0, 0.1) is 5.92 Å². The van der Waals surface area contributed by atoms with Crippen LogP contribution in [-0.2, 0) is 6.42 Å². The van der Waals surface area contributed by atoms with Crippen LogP contribution in [0.2, 0.25) is 0 Å². The zero-order valence-corrected chi connectivity index (χ0v) is 12.0. The summed E-state index contributed by atoms with van der Waals surface area (Å²) in [6.45, 7) is 8.97. The van der Waals surface area contributed by atoms with Crippen LogP contribution in [0.25, 0.3) is 0 Å². The van der Waals surface area contributed by atoms with E-state index in [9.17, 15) is 0 Å². The number of benzene rings is 1. The van der Waals surface area contributed by atoms with Crippen molar-refractivity contribution in [3.05, 3.63) is 35.4 Å². The molecule has 0 unspecified atom stereocenters. The largest absolute Gasteiger partial charge is 0.0625 e. The van der Waals surface area contributed by atoms with E-state index in [4.69, 9.17) is 0 Å². The van der Waals surface area contributed by atoms with Crippen LogP contribution in [-0.4, -0.2) is 0 Å². The van der Waals surface area contributed by atoms with Crippen molar-refractivity contribution in [1.29, 1.82) is 0 Å². The monoisotopic (exact) mass is 232 g/mol. The molecule has 0 radical (unpaired) electrons. The fourth-order valence-electron chi connectivity index (χ4n) is 2.27. The lowest BCUT2D eigenvalue weighted by atomic mass is 10.0. The van der Waals surface area contributed by atoms with Crippen molar-refractivity contribution in [1.82, 2.24) is 0 Å². The fraction of sp³-hybridized carbons (Fsp3) is 0.647. The molecule has 0 heteroatoms. The molecule has 96 valence electrons. The van der Waals surface area contributed by atoms with Crippen LogP contribution < -0.4 is 0 Å². The summed E-state index contributed by atoms with van der Waals surface area (Å²) in [4.78, 5) is 0. The van der Waals surface area contributed by atoms with Gasteiger partial charge in [-0.1, -0.05) is 77.6 Å². The van der Waals surface area contributed by atoms with Crippen LogP contribution >= 0.6 is 0 Å². The van der Waals surface area contributed by atoms with Crippen LogP contribution in [0.4, 0.5) is 0 Å². The maximum Gasteiger partial charge on any atom is -0.0219 e. The first-order valence-electron chi connectivity index (χ1n) is 7.22. The molecule has 1 fully saturated rings. The minimum absolute atomic E-state index is 0.654. The zero-order chi connectivity index (χ0) is 12.7. The van der Waals surface area contributed by atoms with Gasteiger partial charge in [0.1, 0.15) is 0 Å². The third-order valence-electron chi connectivity index (χ3n) is 3.70. The van der Waals surface area contributed by atoms with Gasteiger partial charge in [0.2, 0.25) is 0 Å². The molecule has 0 bridgehead atoms. The molecule has 0 amide bonds. The lowest BCUT2D eigenvalue weighted by Crippen LogP contribution is -1.87. The molecule has 0 spiro atoms. The van der Waals surface area contributed by atoms with Crippen molar-refractivity contribution in [2.24, 2.45) is 5.92 Å². The zero-order valence-electron chi connectivity index (χ0n) is 12.0. The van der Waals surface area contributed by atoms with Crippen LogP contribution in [0.1, 0.15) is 70.4 Å². The summed E-state index contributed by atoms with van der Waals surface area (Å²) < 4.78 is 0. The Morgan fingerprint density at radius 1 is 1.06 bits per heavy atom. The van der Waals surface area contributed by atoms with Gasteiger partial charge < -0.3 is 0 Å². The first kappa shape index (κ1) is 14.3. The predicted octanol–water partition coefficient (Wildman–Crippen LogP) is 5.57. The van der Waals surface area contributed by atoms with Gasteiger partial charge in [-0.2, -0.15) is 0 Å². The highest BCUT2D eigenvalue weighted by molar-refractivity contribution is 5.24. The standard InChI is InChI=1S/C11H16.C6H12/c1-4-10-5-7-11(8-6-10)9(2)3;1-6-4-2-3-5-6/h5-9H,4H2,1-3H3;6H,2-5H2,1H3. The molecule has 0 heterocycles. The third kappa shape index (κ3) is 5.39. The molecular weight excluding hydrogens is 204 g/mol. The van der Waals surface area contributed by atoms with Gasteiger partial charge in [-0.15, -0.1) is 0 Å². The van der Waals surface area contributed by atoms with Gasteiger partial charge in [0.25, 0.3) is 0 Å². The van der Waals surface area contributed by atoms with Crippen LogP contribution in [0.3, 0.4) is 0 Å². The summed E-state index contributed by atoms with van der Waals surface area (Å²) in [5.74, 6) is 1.70. The molecule has 1 aromatic carbocycles. The van der Waals surface area contributed by atoms with E-state index in [2.05, 4.69) is 52.0 Å². The van der Waals surface area contributed by atoms with Gasteiger partial charge in [0.15, 0.2) is 0 Å². The van der Waals surface area contributed by atoms with E-state index in [1.54, 1.807) is 0 Å². The summed E-state index contributed by atoms with van der Waals surface area (Å²) in [7, 11) is 0. The van der Waals surface area contributed by atoms with E-state index >= 15 is 0 Å². The lowest BCUT2D eigenvalue weighted by Gasteiger charge is -2.04. The molecule has 1 aromatic rings. The maximum atomic E-state index is 2.34. The molecule has 1 aliphatic carbocycles. The molecule has 2 rings (SSSR count). The first-order chi connectivity index (χ1) is 8.13. The summed E-state index contributed by atoms with van der Waals surface area (Å²) in [6, 6.07) is 8.89. The molecule has 0 atom stereocenters. The molecule has 0 aliphatic heterocycles. The highest BCUT2D eigenvalue weighted by atomic mass is 14.1. The molecule has 17 heavy (non-hydrogen) atoms. The van der Waals surface area contributed by atoms with Crippen molar-refractivity contribution in [2.75, 3.05) is 0 Å². The Morgan fingerprint density at radius 3 is 1.88 bits per heavy atom. The van der Waals surface area contributed by atoms with Crippen molar-refractivity contribution in [2.45, 2.75) is 65.7 Å². The summed E-state index contributed by atoms with van der Waals surface area (Å²) >= 11 is 0. The van der Waals surface area contributed by atoms with Crippen molar-refractivity contribution in [3.8, 4) is 0 Å². The number of rotatable bonds is 2. The van der Waals surface area contributed by atoms with E-state index in [1.807, 2.05) is 0 Å². The predicted molar refractivity (Wildman–Crippen MR) is 77.5 cm³/mol. The Bertz CT molecular complexity index is 288. The van der Waals surface area contributed by atoms with E-state index in [0.717, 1.165) is 12.3 Å². The average molecular weight is 232 g/mol. The summed E-state index contributed by atoms with van der Waals surface area (Å²) in [6.07, 6.45) is 7.08. The Labute approximate surface area is 107 Å². The molecular formula is C17H28. The summed E-state index contributed by atoms with van der Waals surface area (Å²) in [5, 5.41) is 0. The second kappa shape index (κ2) is 7.53. The highest BCUT2D eigenvalue weighted by Crippen LogP contribution is 2.22. The summed E-state index contributed by atoms with van der Waals surface area (Å²) in [5.41, 5.74) is 2.86. The lowest BCUT2D eigenvalue weighted by molar-refractivity contribution is 0.612. The van der Waals surface area contributed by atoms with Gasteiger partial charge in [-0.3, -0.25) is 0 Å². The van der Waals surface area contributed by atoms with Gasteiger partial charge in [0, 0.05) is 0 Å². The van der Waals surface area contributed by atoms with Gasteiger partial charge in [-0.25, -0.2) is 0 Å². The first-order valence-corrected chi connectivity index (χ1v) is 7.22. The quantitative estimate of drug-likeness (QED) is 0.625. The Morgan fingerprint density at radius 2 is 1.59 bits per heavy atom. The van der Waals surface area contributed by atoms with Gasteiger partial charge in [0.05, 0.1) is 0 Å². The van der Waals surface area contributed by atoms with Crippen LogP contribution in [0.5, 0.6) is 0 Å². The van der Waals surface area contributed by atoms with Crippen molar-refractivity contribution >= 4 is 0 Å². The highest BCUT2D eigenvalue weighted by Gasteiger charge is 2.07. The topological polar surface area (TPSA) is 0 Å².